The van der Waals surface area contributed by atoms with Gasteiger partial charge in [0.15, 0.2) is 62.0 Å². The number of aromatic amines is 6. The van der Waals surface area contributed by atoms with Gasteiger partial charge in [-0.25, -0.2) is 44.3 Å². The van der Waals surface area contributed by atoms with Crippen LogP contribution in [0.3, 0.4) is 0 Å². The van der Waals surface area contributed by atoms with Gasteiger partial charge in [-0.1, -0.05) is 48.5 Å². The van der Waals surface area contributed by atoms with Crippen LogP contribution < -0.4 is 44.6 Å². The molecule has 10 rings (SSSR count). The molecule has 0 radical (unpaired) electrons. The largest absolute Gasteiger partial charge is 0.477 e. The van der Waals surface area contributed by atoms with Crippen molar-refractivity contribution < 1.29 is 73.6 Å². The Kier molecular flexibility index (Phi) is 34.4. The second-order valence-corrected chi connectivity index (χ2v) is 17.8. The maximum absolute atomic E-state index is 11.2. The van der Waals surface area contributed by atoms with Crippen molar-refractivity contribution >= 4 is 50.5 Å². The van der Waals surface area contributed by atoms with Crippen LogP contribution in [0.4, 0.5) is 0 Å². The summed E-state index contributed by atoms with van der Waals surface area (Å²) in [4.78, 5) is 54.5. The average Bonchev–Trinajstić information content (AvgIpc) is 3.49. The molecule has 15 heteroatoms. The van der Waals surface area contributed by atoms with Crippen LogP contribution in [0.5, 0.6) is 0 Å². The van der Waals surface area contributed by atoms with Gasteiger partial charge >= 0.3 is 17.9 Å². The molecule has 1 aliphatic heterocycles. The molecule has 0 unspecified atom stereocenters. The molecule has 0 spiro atoms. The molecular formula is C62H86N9O6+9. The number of aromatic nitrogens is 6. The Labute approximate surface area is 455 Å². The van der Waals surface area contributed by atoms with E-state index in [1.165, 1.54) is 105 Å². The number of pyridine rings is 6. The van der Waals surface area contributed by atoms with Crippen LogP contribution in [-0.4, -0.2) is 98.1 Å². The van der Waals surface area contributed by atoms with E-state index >= 15 is 0 Å². The van der Waals surface area contributed by atoms with Crippen molar-refractivity contribution in [1.29, 1.82) is 0 Å². The number of rotatable bonds is 6. The van der Waals surface area contributed by atoms with Crippen LogP contribution in [0.15, 0.2) is 201 Å². The number of hydrogen-bond donors (Lipinski definition) is 4. The molecule has 1 saturated heterocycles. The topological polar surface area (TPSA) is 188 Å². The van der Waals surface area contributed by atoms with E-state index < -0.39 is 5.97 Å². The van der Waals surface area contributed by atoms with E-state index in [-0.39, 0.29) is 17.5 Å². The number of fused-ring (bicyclic) bond motifs is 3. The van der Waals surface area contributed by atoms with Gasteiger partial charge < -0.3 is 29.3 Å². The summed E-state index contributed by atoms with van der Waals surface area (Å²) >= 11 is 0. The van der Waals surface area contributed by atoms with Crippen molar-refractivity contribution in [2.24, 2.45) is 0 Å². The van der Waals surface area contributed by atoms with Crippen LogP contribution in [0.25, 0.3) is 32.6 Å². The second kappa shape index (κ2) is 40.9. The molecule has 1 aliphatic rings. The lowest BCUT2D eigenvalue weighted by Gasteiger charge is -2.17. The summed E-state index contributed by atoms with van der Waals surface area (Å²) in [5.41, 5.74) is 3.53. The molecule has 0 atom stereocenters. The van der Waals surface area contributed by atoms with E-state index in [1.807, 2.05) is 104 Å². The van der Waals surface area contributed by atoms with E-state index in [0.29, 0.717) is 11.1 Å². The molecule has 9 aromatic rings. The minimum atomic E-state index is -0.910. The van der Waals surface area contributed by atoms with E-state index in [1.54, 1.807) is 58.9 Å². The van der Waals surface area contributed by atoms with Crippen molar-refractivity contribution in [3.05, 3.63) is 218 Å². The third-order valence-electron chi connectivity index (χ3n) is 11.1. The monoisotopic (exact) mass is 1050 g/mol. The molecular weight excluding hydrogens is 967 g/mol. The lowest BCUT2D eigenvalue weighted by atomic mass is 10.1. The number of carboxylic acids is 1. The Balaban J connectivity index is 0.000000301. The zero-order chi connectivity index (χ0) is 56.3. The van der Waals surface area contributed by atoms with Crippen molar-refractivity contribution in [3.8, 4) is 0 Å². The number of likely N-dealkylation sites (tertiary alicyclic amines) is 1. The molecule has 10 N–H and O–H groups in total. The fourth-order valence-electron chi connectivity index (χ4n) is 6.90. The van der Waals surface area contributed by atoms with E-state index in [9.17, 15) is 14.4 Å². The van der Waals surface area contributed by atoms with Crippen LogP contribution in [-0.2, 0) is 9.47 Å². The summed E-state index contributed by atoms with van der Waals surface area (Å²) in [6.45, 7) is 13.3. The number of nitrogens with one attached hydrogen (secondary N) is 9. The molecule has 15 nitrogen and oxygen atoms in total. The minimum absolute atomic E-state index is 0.275. The number of ether oxygens (including phenoxy) is 2. The lowest BCUT2D eigenvalue weighted by molar-refractivity contribution is -0.894. The summed E-state index contributed by atoms with van der Waals surface area (Å²) in [5, 5.41) is 13.1. The Bertz CT molecular complexity index is 2690. The number of carbonyl (C=O) groups excluding carboxylic acids is 2. The number of benzene rings is 3. The first kappa shape index (κ1) is 64.7. The van der Waals surface area contributed by atoms with Crippen LogP contribution in [0, 0.1) is 0 Å². The number of carbonyl (C=O) groups is 3. The average molecular weight is 1050 g/mol. The highest BCUT2D eigenvalue weighted by atomic mass is 16.5. The molecule has 7 heterocycles. The summed E-state index contributed by atoms with van der Waals surface area (Å²) in [5.74, 6) is -1.56. The highest BCUT2D eigenvalue weighted by Gasteiger charge is 2.10. The summed E-state index contributed by atoms with van der Waals surface area (Å²) in [6, 6.07) is 44.7. The van der Waals surface area contributed by atoms with Crippen LogP contribution in [0.2, 0.25) is 0 Å². The van der Waals surface area contributed by atoms with Gasteiger partial charge in [0.1, 0.15) is 16.7 Å². The maximum atomic E-state index is 11.2. The van der Waals surface area contributed by atoms with Gasteiger partial charge in [-0.3, -0.25) is 0 Å². The van der Waals surface area contributed by atoms with Gasteiger partial charge in [0.05, 0.1) is 75.1 Å². The number of para-hydroxylation sites is 2. The number of H-pyrrole nitrogens is 6. The van der Waals surface area contributed by atoms with Gasteiger partial charge in [0, 0.05) is 64.7 Å². The van der Waals surface area contributed by atoms with Crippen LogP contribution >= 0.6 is 0 Å². The minimum Gasteiger partial charge on any atom is -0.477 e. The van der Waals surface area contributed by atoms with E-state index in [2.05, 4.69) is 125 Å². The van der Waals surface area contributed by atoms with Crippen LogP contribution in [0.1, 0.15) is 71.1 Å². The third kappa shape index (κ3) is 29.3. The molecule has 77 heavy (non-hydrogen) atoms. The zero-order valence-corrected chi connectivity index (χ0v) is 46.7. The van der Waals surface area contributed by atoms with Gasteiger partial charge in [-0.05, 0) is 87.9 Å². The molecule has 406 valence electrons. The Morgan fingerprint density at radius 2 is 0.948 bits per heavy atom. The quantitative estimate of drug-likeness (QED) is 0.182. The predicted molar refractivity (Wildman–Crippen MR) is 302 cm³/mol. The fraction of sp³-hybridized carbons (Fsp3) is 0.274. The standard InChI is InChI=1S/C11H9NO2.2C9H7N.C7H7NO2.C6H5NO2.C6H13N.C6H15N.C5H5N.C3H9N/c1-14-11(13)9-6-8-4-2-3-5-10(8)12-7-9;1-2-6-9-8(4-1)5-3-7-10-9;1-2-4-9-7-10-6-5-8(9)3-1;1-10-7(9)6-3-2-4-8-5-6;8-6(9)5-2-1-3-7-4-5;1-7-5-3-2-4-6-7;1-4-7(5-2)6-3;1-2-4-6-5-3-1;1-4(2)3/h2-7H,1H3;2*1-7H;2-5H,1H3;1-4H,(H,8,9);2-6H2,1H3;4-6H2,1-3H3;1-5H;1-3H3/p+9. The normalized spacial score (nSPS) is 10.9. The third-order valence-corrected chi connectivity index (χ3v) is 11.1. The Hall–Kier alpha value is -8.37. The summed E-state index contributed by atoms with van der Waals surface area (Å²) in [7, 11) is 11.3. The number of methoxy groups -OCH3 is 2. The highest BCUT2D eigenvalue weighted by molar-refractivity contribution is 5.92. The predicted octanol–water partition coefficient (Wildman–Crippen LogP) is 4.11. The van der Waals surface area contributed by atoms with Crippen molar-refractivity contribution in [2.75, 3.05) is 75.1 Å². The smallest absolute Gasteiger partial charge is 0.343 e. The molecule has 6 aromatic heterocycles. The highest BCUT2D eigenvalue weighted by Crippen LogP contribution is 2.11. The lowest BCUT2D eigenvalue weighted by Crippen LogP contribution is -3.11. The van der Waals surface area contributed by atoms with Gasteiger partial charge in [-0.15, -0.1) is 0 Å². The number of esters is 2. The Morgan fingerprint density at radius 3 is 1.38 bits per heavy atom. The fourth-order valence-corrected chi connectivity index (χ4v) is 6.90. The second-order valence-electron chi connectivity index (χ2n) is 17.8. The number of carboxylic acid groups (broad SMARTS) is 1. The van der Waals surface area contributed by atoms with Crippen molar-refractivity contribution in [1.82, 2.24) is 0 Å². The Morgan fingerprint density at radius 1 is 0.481 bits per heavy atom. The first-order valence-electron chi connectivity index (χ1n) is 26.1. The number of quaternary nitrogens is 3. The van der Waals surface area contributed by atoms with Crippen molar-refractivity contribution in [2.45, 2.75) is 40.0 Å². The number of piperidine rings is 1. The van der Waals surface area contributed by atoms with Gasteiger partial charge in [-0.2, -0.15) is 0 Å². The number of hydrogen-bond acceptors (Lipinski definition) is 5. The SMILES string of the molecule is CC[NH+](CC)CC.COC(=O)c1c[nH+]c2ccccc2c1.COC(=O)c1ccc[nH+]c1.C[NH+](C)C.C[NH+]1CCCCC1.O=C(O)c1ccc[nH+]c1.c1cc[nH+]cc1.c1ccc2[nH+]cccc2c1.c1ccc2c[nH+]ccc2c1. The maximum Gasteiger partial charge on any atom is 0.343 e. The first-order chi connectivity index (χ1) is 37.4. The van der Waals surface area contributed by atoms with E-state index in [4.69, 9.17) is 5.11 Å². The molecule has 0 bridgehead atoms. The number of aromatic carboxylic acids is 1. The molecule has 3 aromatic carbocycles. The molecule has 0 aliphatic carbocycles. The zero-order valence-electron chi connectivity index (χ0n) is 46.7. The molecule has 0 amide bonds. The van der Waals surface area contributed by atoms with Gasteiger partial charge in [0.25, 0.3) is 0 Å². The summed E-state index contributed by atoms with van der Waals surface area (Å²) < 4.78 is 9.10. The molecule has 1 fully saturated rings. The molecule has 0 saturated carbocycles. The summed E-state index contributed by atoms with van der Waals surface area (Å²) in [6.07, 6.45) is 22.0. The van der Waals surface area contributed by atoms with Gasteiger partial charge in [0.2, 0.25) is 11.0 Å². The van der Waals surface area contributed by atoms with Crippen molar-refractivity contribution in [3.63, 3.8) is 0 Å². The first-order valence-corrected chi connectivity index (χ1v) is 26.1. The van der Waals surface area contributed by atoms with E-state index in [0.717, 1.165) is 10.9 Å².